The molecule has 2 rings (SSSR count). The summed E-state index contributed by atoms with van der Waals surface area (Å²) in [5.41, 5.74) is 6.43. The van der Waals surface area contributed by atoms with Crippen LogP contribution in [0.3, 0.4) is 0 Å². The second kappa shape index (κ2) is 5.03. The normalized spacial score (nSPS) is 16.9. The first-order valence-electron chi connectivity index (χ1n) is 5.75. The number of piperidine rings is 1. The van der Waals surface area contributed by atoms with E-state index in [1.807, 2.05) is 6.07 Å². The number of nitrogens with two attached hydrogens (primary N) is 1. The van der Waals surface area contributed by atoms with Crippen molar-refractivity contribution in [2.24, 2.45) is 5.92 Å². The van der Waals surface area contributed by atoms with Crippen molar-refractivity contribution < 1.29 is 9.53 Å². The van der Waals surface area contributed by atoms with E-state index in [4.69, 9.17) is 10.5 Å². The van der Waals surface area contributed by atoms with Gasteiger partial charge >= 0.3 is 5.97 Å². The van der Waals surface area contributed by atoms with Gasteiger partial charge in [-0.3, -0.25) is 4.79 Å². The van der Waals surface area contributed by atoms with E-state index in [2.05, 4.69) is 9.88 Å². The van der Waals surface area contributed by atoms with Crippen LogP contribution in [0.4, 0.5) is 11.5 Å². The van der Waals surface area contributed by atoms with Crippen molar-refractivity contribution in [3.63, 3.8) is 0 Å². The quantitative estimate of drug-likeness (QED) is 0.776. The number of hydrogen-bond donors (Lipinski definition) is 1. The molecule has 92 valence electrons. The van der Waals surface area contributed by atoms with Crippen molar-refractivity contribution in [3.8, 4) is 0 Å². The zero-order valence-electron chi connectivity index (χ0n) is 9.93. The Morgan fingerprint density at radius 1 is 1.53 bits per heavy atom. The lowest BCUT2D eigenvalue weighted by Crippen LogP contribution is -2.37. The molecule has 1 saturated heterocycles. The molecule has 0 aliphatic carbocycles. The second-order valence-corrected chi connectivity index (χ2v) is 4.23. The number of esters is 1. The maximum absolute atomic E-state index is 11.4. The van der Waals surface area contributed by atoms with E-state index < -0.39 is 0 Å². The summed E-state index contributed by atoms with van der Waals surface area (Å²) in [4.78, 5) is 17.8. The average Bonchev–Trinajstić information content (AvgIpc) is 2.38. The number of carbonyl (C=O) groups excluding carboxylic acids is 1. The summed E-state index contributed by atoms with van der Waals surface area (Å²) in [5, 5.41) is 0. The minimum absolute atomic E-state index is 0.0253. The smallest absolute Gasteiger partial charge is 0.308 e. The van der Waals surface area contributed by atoms with E-state index in [1.54, 1.807) is 12.3 Å². The minimum Gasteiger partial charge on any atom is -0.469 e. The first kappa shape index (κ1) is 11.7. The molecule has 17 heavy (non-hydrogen) atoms. The van der Waals surface area contributed by atoms with Crippen molar-refractivity contribution in [2.75, 3.05) is 30.8 Å². The molecule has 0 aromatic carbocycles. The van der Waals surface area contributed by atoms with Gasteiger partial charge in [0.25, 0.3) is 0 Å². The molecule has 1 aliphatic heterocycles. The molecule has 0 radical (unpaired) electrons. The van der Waals surface area contributed by atoms with Crippen LogP contribution in [0.5, 0.6) is 0 Å². The molecule has 2 heterocycles. The molecule has 2 N–H and O–H groups in total. The van der Waals surface area contributed by atoms with Gasteiger partial charge in [-0.25, -0.2) is 4.98 Å². The minimum atomic E-state index is -0.106. The topological polar surface area (TPSA) is 68.5 Å². The number of nitrogens with zero attached hydrogens (tertiary/aromatic N) is 2. The number of methoxy groups -OCH3 is 1. The highest BCUT2D eigenvalue weighted by molar-refractivity contribution is 5.72. The molecule has 1 aliphatic rings. The maximum atomic E-state index is 11.4. The van der Waals surface area contributed by atoms with E-state index in [0.717, 1.165) is 31.7 Å². The van der Waals surface area contributed by atoms with Crippen LogP contribution in [0.2, 0.25) is 0 Å². The van der Waals surface area contributed by atoms with Gasteiger partial charge in [0.1, 0.15) is 5.82 Å². The highest BCUT2D eigenvalue weighted by Gasteiger charge is 2.25. The lowest BCUT2D eigenvalue weighted by molar-refractivity contribution is -0.146. The number of carbonyl (C=O) groups is 1. The lowest BCUT2D eigenvalue weighted by atomic mass is 9.97. The van der Waals surface area contributed by atoms with E-state index in [0.29, 0.717) is 5.69 Å². The zero-order chi connectivity index (χ0) is 12.3. The van der Waals surface area contributed by atoms with Crippen molar-refractivity contribution in [2.45, 2.75) is 12.8 Å². The zero-order valence-corrected chi connectivity index (χ0v) is 9.93. The summed E-state index contributed by atoms with van der Waals surface area (Å²) >= 11 is 0. The summed E-state index contributed by atoms with van der Waals surface area (Å²) in [5.74, 6) is 0.802. The fourth-order valence-electron chi connectivity index (χ4n) is 2.12. The van der Waals surface area contributed by atoms with Crippen molar-refractivity contribution >= 4 is 17.5 Å². The molecule has 0 amide bonds. The van der Waals surface area contributed by atoms with Gasteiger partial charge in [-0.2, -0.15) is 0 Å². The summed E-state index contributed by atoms with van der Waals surface area (Å²) in [6, 6.07) is 3.63. The molecule has 0 atom stereocenters. The summed E-state index contributed by atoms with van der Waals surface area (Å²) in [6.45, 7) is 1.63. The SMILES string of the molecule is COC(=O)C1CCN(c2cc(N)ccn2)CC1. The van der Waals surface area contributed by atoms with Gasteiger partial charge in [-0.1, -0.05) is 0 Å². The predicted octanol–water partition coefficient (Wildman–Crippen LogP) is 1.05. The molecule has 0 spiro atoms. The third-order valence-electron chi connectivity index (χ3n) is 3.12. The largest absolute Gasteiger partial charge is 0.469 e. The summed E-state index contributed by atoms with van der Waals surface area (Å²) in [7, 11) is 1.44. The van der Waals surface area contributed by atoms with E-state index in [9.17, 15) is 4.79 Å². The van der Waals surface area contributed by atoms with Crippen LogP contribution in [-0.4, -0.2) is 31.2 Å². The summed E-state index contributed by atoms with van der Waals surface area (Å²) in [6.07, 6.45) is 3.32. The Morgan fingerprint density at radius 3 is 2.82 bits per heavy atom. The number of hydrogen-bond acceptors (Lipinski definition) is 5. The van der Waals surface area contributed by atoms with Gasteiger partial charge in [0.05, 0.1) is 13.0 Å². The van der Waals surface area contributed by atoms with Crippen LogP contribution in [0.1, 0.15) is 12.8 Å². The maximum Gasteiger partial charge on any atom is 0.308 e. The van der Waals surface area contributed by atoms with Gasteiger partial charge in [-0.15, -0.1) is 0 Å². The van der Waals surface area contributed by atoms with Gasteiger partial charge in [0.15, 0.2) is 0 Å². The number of nitrogen functional groups attached to an aromatic ring is 1. The number of pyridine rings is 1. The van der Waals surface area contributed by atoms with Crippen LogP contribution in [0.15, 0.2) is 18.3 Å². The Kier molecular flexibility index (Phi) is 3.46. The molecule has 1 fully saturated rings. The van der Waals surface area contributed by atoms with E-state index >= 15 is 0 Å². The summed E-state index contributed by atoms with van der Waals surface area (Å²) < 4.78 is 4.76. The van der Waals surface area contributed by atoms with Gasteiger partial charge in [-0.05, 0) is 18.9 Å². The Bertz CT molecular complexity index is 400. The van der Waals surface area contributed by atoms with Gasteiger partial charge < -0.3 is 15.4 Å². The standard InChI is InChI=1S/C12H17N3O2/c1-17-12(16)9-3-6-15(7-4-9)11-8-10(13)2-5-14-11/h2,5,8-9H,3-4,6-7H2,1H3,(H2,13,14). The van der Waals surface area contributed by atoms with Gasteiger partial charge in [0, 0.05) is 31.0 Å². The third-order valence-corrected chi connectivity index (χ3v) is 3.12. The number of rotatable bonds is 2. The molecule has 5 heteroatoms. The Labute approximate surface area is 101 Å². The monoisotopic (exact) mass is 235 g/mol. The molecular formula is C12H17N3O2. The third kappa shape index (κ3) is 2.67. The van der Waals surface area contributed by atoms with Crippen LogP contribution >= 0.6 is 0 Å². The van der Waals surface area contributed by atoms with Crippen molar-refractivity contribution in [3.05, 3.63) is 18.3 Å². The van der Waals surface area contributed by atoms with Crippen molar-refractivity contribution in [1.29, 1.82) is 0 Å². The second-order valence-electron chi connectivity index (χ2n) is 4.23. The van der Waals surface area contributed by atoms with Gasteiger partial charge in [0.2, 0.25) is 0 Å². The van der Waals surface area contributed by atoms with Crippen LogP contribution in [-0.2, 0) is 9.53 Å². The molecular weight excluding hydrogens is 218 g/mol. The first-order valence-corrected chi connectivity index (χ1v) is 5.75. The molecule has 0 saturated carbocycles. The Balaban J connectivity index is 1.97. The molecule has 5 nitrogen and oxygen atoms in total. The molecule has 1 aromatic rings. The number of ether oxygens (including phenoxy) is 1. The number of aromatic nitrogens is 1. The number of anilines is 2. The van der Waals surface area contributed by atoms with Crippen LogP contribution in [0, 0.1) is 5.92 Å². The highest BCUT2D eigenvalue weighted by Crippen LogP contribution is 2.23. The van der Waals surface area contributed by atoms with Crippen LogP contribution in [0.25, 0.3) is 0 Å². The van der Waals surface area contributed by atoms with Crippen molar-refractivity contribution in [1.82, 2.24) is 4.98 Å². The van der Waals surface area contributed by atoms with E-state index in [1.165, 1.54) is 7.11 Å². The predicted molar refractivity (Wildman–Crippen MR) is 65.6 cm³/mol. The first-order chi connectivity index (χ1) is 8.20. The lowest BCUT2D eigenvalue weighted by Gasteiger charge is -2.31. The highest BCUT2D eigenvalue weighted by atomic mass is 16.5. The van der Waals surface area contributed by atoms with Crippen LogP contribution < -0.4 is 10.6 Å². The molecule has 0 unspecified atom stereocenters. The Hall–Kier alpha value is -1.78. The van der Waals surface area contributed by atoms with E-state index in [-0.39, 0.29) is 11.9 Å². The molecule has 1 aromatic heterocycles. The average molecular weight is 235 g/mol. The fraction of sp³-hybridized carbons (Fsp3) is 0.500. The Morgan fingerprint density at radius 2 is 2.24 bits per heavy atom. The fourth-order valence-corrected chi connectivity index (χ4v) is 2.12. The molecule has 0 bridgehead atoms.